The molecule has 1 amide bonds. The van der Waals surface area contributed by atoms with E-state index >= 15 is 0 Å². The van der Waals surface area contributed by atoms with Crippen LogP contribution in [-0.4, -0.2) is 64.9 Å². The number of amides is 1. The Hall–Kier alpha value is -2.57. The van der Waals surface area contributed by atoms with E-state index in [0.717, 1.165) is 58.0 Å². The predicted octanol–water partition coefficient (Wildman–Crippen LogP) is -0.626. The molecule has 6 nitrogen and oxygen atoms in total. The van der Waals surface area contributed by atoms with Crippen LogP contribution in [0.4, 0.5) is 5.69 Å². The van der Waals surface area contributed by atoms with Crippen LogP contribution in [0.5, 0.6) is 5.75 Å². The highest BCUT2D eigenvalue weighted by Crippen LogP contribution is 2.20. The number of carbonyl (C=O) groups is 1. The Morgan fingerprint density at radius 1 is 1.07 bits per heavy atom. The maximum Gasteiger partial charge on any atom is 0.275 e. The van der Waals surface area contributed by atoms with Crippen LogP contribution in [0.1, 0.15) is 12.0 Å². The quantitative estimate of drug-likeness (QED) is 0.570. The van der Waals surface area contributed by atoms with Crippen LogP contribution in [0.15, 0.2) is 54.6 Å². The van der Waals surface area contributed by atoms with Crippen molar-refractivity contribution in [3.8, 4) is 5.75 Å². The van der Waals surface area contributed by atoms with E-state index in [1.807, 2.05) is 12.1 Å². The van der Waals surface area contributed by atoms with Gasteiger partial charge < -0.3 is 24.8 Å². The fourth-order valence-electron chi connectivity index (χ4n) is 4.67. The molecule has 0 aliphatic carbocycles. The number of nitrogens with one attached hydrogen (secondary N) is 3. The van der Waals surface area contributed by atoms with Crippen molar-refractivity contribution in [3.05, 3.63) is 60.2 Å². The van der Waals surface area contributed by atoms with E-state index in [9.17, 15) is 4.79 Å². The first-order chi connectivity index (χ1) is 14.7. The number of carbonyl (C=O) groups excluding carboxylic acids is 1. The molecule has 2 heterocycles. The van der Waals surface area contributed by atoms with E-state index in [1.165, 1.54) is 16.2 Å². The second-order valence-electron chi connectivity index (χ2n) is 8.53. The predicted molar refractivity (Wildman–Crippen MR) is 118 cm³/mol. The van der Waals surface area contributed by atoms with Crippen molar-refractivity contribution < 1.29 is 19.3 Å². The number of rotatable bonds is 7. The summed E-state index contributed by atoms with van der Waals surface area (Å²) in [6.07, 6.45) is 1.08. The molecule has 0 radical (unpaired) electrons. The van der Waals surface area contributed by atoms with Gasteiger partial charge >= 0.3 is 0 Å². The SMILES string of the molecule is COc1cccc(N2CC[NH+](CC(=O)N[C@H]3CC[NH+](Cc4ccccc4)C3)CC2)c1. The van der Waals surface area contributed by atoms with E-state index in [1.54, 1.807) is 12.0 Å². The smallest absolute Gasteiger partial charge is 0.275 e. The van der Waals surface area contributed by atoms with Crippen LogP contribution < -0.4 is 24.8 Å². The average Bonchev–Trinajstić information content (AvgIpc) is 3.21. The lowest BCUT2D eigenvalue weighted by Gasteiger charge is -2.33. The summed E-state index contributed by atoms with van der Waals surface area (Å²) in [6, 6.07) is 19.2. The third-order valence-electron chi connectivity index (χ3n) is 6.34. The van der Waals surface area contributed by atoms with Gasteiger partial charge in [0.25, 0.3) is 5.91 Å². The van der Waals surface area contributed by atoms with Gasteiger partial charge in [0, 0.05) is 23.7 Å². The first-order valence-electron chi connectivity index (χ1n) is 11.1. The highest BCUT2D eigenvalue weighted by molar-refractivity contribution is 5.77. The van der Waals surface area contributed by atoms with Crippen LogP contribution in [0.3, 0.4) is 0 Å². The summed E-state index contributed by atoms with van der Waals surface area (Å²) in [5, 5.41) is 3.29. The average molecular weight is 411 g/mol. The monoisotopic (exact) mass is 410 g/mol. The summed E-state index contributed by atoms with van der Waals surface area (Å²) in [7, 11) is 1.70. The standard InChI is InChI=1S/C24H32N4O2/c1-30-23-9-5-8-22(16-23)28-14-12-26(13-15-28)19-24(29)25-21-10-11-27(18-21)17-20-6-3-2-4-7-20/h2-9,16,21H,10-15,17-19H2,1H3,(H,25,29)/p+2/t21-/m0/s1. The molecule has 4 rings (SSSR count). The van der Waals surface area contributed by atoms with Gasteiger partial charge in [0.15, 0.2) is 6.54 Å². The molecule has 30 heavy (non-hydrogen) atoms. The number of anilines is 1. The van der Waals surface area contributed by atoms with E-state index in [4.69, 9.17) is 4.74 Å². The lowest BCUT2D eigenvalue weighted by atomic mass is 10.2. The molecule has 2 aliphatic heterocycles. The van der Waals surface area contributed by atoms with Gasteiger partial charge in [0.2, 0.25) is 0 Å². The van der Waals surface area contributed by atoms with Gasteiger partial charge in [-0.2, -0.15) is 0 Å². The van der Waals surface area contributed by atoms with E-state index in [-0.39, 0.29) is 5.91 Å². The van der Waals surface area contributed by atoms with Crippen molar-refractivity contribution in [3.63, 3.8) is 0 Å². The van der Waals surface area contributed by atoms with Crippen molar-refractivity contribution >= 4 is 11.6 Å². The van der Waals surface area contributed by atoms with Crippen LogP contribution in [-0.2, 0) is 11.3 Å². The van der Waals surface area contributed by atoms with Crippen molar-refractivity contribution in [1.82, 2.24) is 5.32 Å². The molecular weight excluding hydrogens is 376 g/mol. The zero-order valence-electron chi connectivity index (χ0n) is 17.9. The molecule has 6 heteroatoms. The second kappa shape index (κ2) is 9.96. The van der Waals surface area contributed by atoms with Gasteiger partial charge in [-0.05, 0) is 12.1 Å². The highest BCUT2D eigenvalue weighted by atomic mass is 16.5. The zero-order chi connectivity index (χ0) is 20.8. The molecule has 2 saturated heterocycles. The molecule has 1 unspecified atom stereocenters. The van der Waals surface area contributed by atoms with Gasteiger partial charge in [0.1, 0.15) is 12.3 Å². The number of likely N-dealkylation sites (tertiary alicyclic amines) is 1. The Kier molecular flexibility index (Phi) is 6.87. The summed E-state index contributed by atoms with van der Waals surface area (Å²) in [6.45, 7) is 7.69. The second-order valence-corrected chi connectivity index (χ2v) is 8.53. The minimum Gasteiger partial charge on any atom is -0.497 e. The lowest BCUT2D eigenvalue weighted by Crippen LogP contribution is -3.16. The van der Waals surface area contributed by atoms with Crippen molar-refractivity contribution in [1.29, 1.82) is 0 Å². The summed E-state index contributed by atoms with van der Waals surface area (Å²) < 4.78 is 5.34. The highest BCUT2D eigenvalue weighted by Gasteiger charge is 2.29. The molecule has 0 spiro atoms. The summed E-state index contributed by atoms with van der Waals surface area (Å²) in [5.41, 5.74) is 2.57. The Bertz CT molecular complexity index is 821. The maximum absolute atomic E-state index is 12.6. The number of piperazine rings is 1. The van der Waals surface area contributed by atoms with Crippen LogP contribution >= 0.6 is 0 Å². The van der Waals surface area contributed by atoms with Gasteiger partial charge in [-0.25, -0.2) is 0 Å². The third kappa shape index (κ3) is 5.52. The number of quaternary nitrogens is 2. The third-order valence-corrected chi connectivity index (χ3v) is 6.34. The van der Waals surface area contributed by atoms with Gasteiger partial charge in [0.05, 0.1) is 52.4 Å². The summed E-state index contributed by atoms with van der Waals surface area (Å²) in [5.74, 6) is 1.09. The minimum absolute atomic E-state index is 0.200. The topological polar surface area (TPSA) is 50.5 Å². The Labute approximate surface area is 179 Å². The fraction of sp³-hybridized carbons (Fsp3) is 0.458. The number of methoxy groups -OCH3 is 1. The number of ether oxygens (including phenoxy) is 1. The minimum atomic E-state index is 0.200. The molecule has 2 aromatic rings. The van der Waals surface area contributed by atoms with E-state index in [2.05, 4.69) is 52.7 Å². The molecule has 0 aromatic heterocycles. The molecule has 2 aliphatic rings. The Balaban J connectivity index is 1.18. The molecule has 160 valence electrons. The molecular formula is C24H34N4O2+2. The Morgan fingerprint density at radius 2 is 1.87 bits per heavy atom. The first kappa shape index (κ1) is 20.7. The number of benzene rings is 2. The maximum atomic E-state index is 12.6. The van der Waals surface area contributed by atoms with Crippen molar-refractivity contribution in [2.45, 2.75) is 19.0 Å². The van der Waals surface area contributed by atoms with E-state index < -0.39 is 0 Å². The van der Waals surface area contributed by atoms with Crippen LogP contribution in [0.25, 0.3) is 0 Å². The van der Waals surface area contributed by atoms with Crippen LogP contribution in [0, 0.1) is 0 Å². The lowest BCUT2D eigenvalue weighted by molar-refractivity contribution is -0.901. The fourth-order valence-corrected chi connectivity index (χ4v) is 4.67. The molecule has 2 atom stereocenters. The summed E-state index contributed by atoms with van der Waals surface area (Å²) in [4.78, 5) is 17.9. The molecule has 2 aromatic carbocycles. The number of hydrogen-bond donors (Lipinski definition) is 3. The Morgan fingerprint density at radius 3 is 2.63 bits per heavy atom. The van der Waals surface area contributed by atoms with Gasteiger partial charge in [-0.15, -0.1) is 0 Å². The summed E-state index contributed by atoms with van der Waals surface area (Å²) >= 11 is 0. The van der Waals surface area contributed by atoms with Crippen molar-refractivity contribution in [2.24, 2.45) is 0 Å². The van der Waals surface area contributed by atoms with Crippen molar-refractivity contribution in [2.75, 3.05) is 57.8 Å². The van der Waals surface area contributed by atoms with Gasteiger partial charge in [-0.1, -0.05) is 36.4 Å². The number of nitrogens with zero attached hydrogens (tertiary/aromatic N) is 1. The van der Waals surface area contributed by atoms with Gasteiger partial charge in [-0.3, -0.25) is 4.79 Å². The van der Waals surface area contributed by atoms with E-state index in [0.29, 0.717) is 12.6 Å². The number of hydrogen-bond acceptors (Lipinski definition) is 3. The zero-order valence-corrected chi connectivity index (χ0v) is 17.9. The molecule has 2 fully saturated rings. The molecule has 0 bridgehead atoms. The van der Waals surface area contributed by atoms with Crippen LogP contribution in [0.2, 0.25) is 0 Å². The first-order valence-corrected chi connectivity index (χ1v) is 11.1. The largest absolute Gasteiger partial charge is 0.497 e. The molecule has 0 saturated carbocycles. The normalized spacial score (nSPS) is 22.1. The molecule has 3 N–H and O–H groups in total.